The number of benzene rings is 1. The summed E-state index contributed by atoms with van der Waals surface area (Å²) in [5.74, 6) is -1.24. The van der Waals surface area contributed by atoms with Crippen LogP contribution in [-0.2, 0) is 16.1 Å². The van der Waals surface area contributed by atoms with E-state index in [1.165, 1.54) is 12.1 Å². The number of nitrogens with zero attached hydrogens (tertiary/aromatic N) is 2. The highest BCUT2D eigenvalue weighted by Crippen LogP contribution is 2.27. The highest BCUT2D eigenvalue weighted by molar-refractivity contribution is 5.97. The van der Waals surface area contributed by atoms with Crippen molar-refractivity contribution in [1.82, 2.24) is 4.57 Å². The summed E-state index contributed by atoms with van der Waals surface area (Å²) < 4.78 is 7.04. The number of amides is 1. The zero-order valence-corrected chi connectivity index (χ0v) is 16.1. The number of aromatic nitrogens is 1. The first kappa shape index (κ1) is 20.2. The summed E-state index contributed by atoms with van der Waals surface area (Å²) in [5, 5.41) is 13.6. The molecule has 8 heteroatoms. The van der Waals surface area contributed by atoms with Gasteiger partial charge in [-0.3, -0.25) is 14.9 Å². The lowest BCUT2D eigenvalue weighted by molar-refractivity contribution is -0.384. The van der Waals surface area contributed by atoms with Crippen molar-refractivity contribution in [3.05, 3.63) is 56.4 Å². The Morgan fingerprint density at radius 2 is 1.78 bits per heavy atom. The molecule has 1 heterocycles. The summed E-state index contributed by atoms with van der Waals surface area (Å²) >= 11 is 0. The number of esters is 1. The summed E-state index contributed by atoms with van der Waals surface area (Å²) in [5.41, 5.74) is 3.52. The first-order chi connectivity index (χ1) is 12.6. The lowest BCUT2D eigenvalue weighted by Crippen LogP contribution is -2.21. The number of carbonyl (C=O) groups excluding carboxylic acids is 2. The Morgan fingerprint density at radius 1 is 1.15 bits per heavy atom. The van der Waals surface area contributed by atoms with Gasteiger partial charge in [0.25, 0.3) is 11.6 Å². The molecule has 1 aromatic carbocycles. The molecule has 2 aromatic rings. The molecule has 0 unspecified atom stereocenters. The van der Waals surface area contributed by atoms with E-state index in [4.69, 9.17) is 4.74 Å². The van der Waals surface area contributed by atoms with E-state index in [1.54, 1.807) is 19.9 Å². The molecule has 0 aliphatic carbocycles. The van der Waals surface area contributed by atoms with Crippen LogP contribution in [0.15, 0.2) is 18.2 Å². The maximum atomic E-state index is 12.3. The Labute approximate surface area is 157 Å². The minimum Gasteiger partial charge on any atom is -0.452 e. The molecule has 0 saturated heterocycles. The van der Waals surface area contributed by atoms with Crippen LogP contribution in [0.1, 0.15) is 39.8 Å². The van der Waals surface area contributed by atoms with Gasteiger partial charge in [0.2, 0.25) is 0 Å². The van der Waals surface area contributed by atoms with Crippen LogP contribution in [0.2, 0.25) is 0 Å². The Kier molecular flexibility index (Phi) is 5.99. The van der Waals surface area contributed by atoms with Gasteiger partial charge >= 0.3 is 5.97 Å². The fourth-order valence-electron chi connectivity index (χ4n) is 2.94. The second-order valence-electron chi connectivity index (χ2n) is 6.36. The zero-order chi connectivity index (χ0) is 20.3. The Bertz CT molecular complexity index is 915. The van der Waals surface area contributed by atoms with Gasteiger partial charge < -0.3 is 14.6 Å². The van der Waals surface area contributed by atoms with Gasteiger partial charge in [0.1, 0.15) is 5.69 Å². The molecule has 144 valence electrons. The normalized spacial score (nSPS) is 10.6. The summed E-state index contributed by atoms with van der Waals surface area (Å²) in [7, 11) is 0. The summed E-state index contributed by atoms with van der Waals surface area (Å²) in [6.07, 6.45) is 0. The fraction of sp³-hybridized carbons (Fsp3) is 0.368. The maximum absolute atomic E-state index is 12.3. The number of nitrogens with one attached hydrogen (secondary N) is 1. The Morgan fingerprint density at radius 3 is 2.33 bits per heavy atom. The SMILES string of the molecule is CCn1c(C)cc(C(=O)OCC(=O)Nc2cc(C)c(C)cc2[N+](=O)[O-])c1C. The first-order valence-corrected chi connectivity index (χ1v) is 8.55. The summed E-state index contributed by atoms with van der Waals surface area (Å²) in [4.78, 5) is 35.0. The van der Waals surface area contributed by atoms with Crippen LogP contribution in [0.5, 0.6) is 0 Å². The van der Waals surface area contributed by atoms with Gasteiger partial charge in [0.15, 0.2) is 6.61 Å². The number of hydrogen-bond acceptors (Lipinski definition) is 5. The number of nitro benzene ring substituents is 1. The van der Waals surface area contributed by atoms with Crippen molar-refractivity contribution >= 4 is 23.3 Å². The first-order valence-electron chi connectivity index (χ1n) is 8.55. The third-order valence-electron chi connectivity index (χ3n) is 4.53. The molecule has 1 N–H and O–H groups in total. The molecular formula is C19H23N3O5. The Hall–Kier alpha value is -3.16. The zero-order valence-electron chi connectivity index (χ0n) is 16.1. The second kappa shape index (κ2) is 8.03. The predicted octanol–water partition coefficient (Wildman–Crippen LogP) is 3.45. The molecule has 0 radical (unpaired) electrons. The van der Waals surface area contributed by atoms with Crippen molar-refractivity contribution in [3.8, 4) is 0 Å². The summed E-state index contributed by atoms with van der Waals surface area (Å²) in [6.45, 7) is 9.41. The quantitative estimate of drug-likeness (QED) is 0.474. The number of rotatable bonds is 6. The van der Waals surface area contributed by atoms with Crippen LogP contribution in [0.25, 0.3) is 0 Å². The van der Waals surface area contributed by atoms with Crippen molar-refractivity contribution in [2.75, 3.05) is 11.9 Å². The molecule has 8 nitrogen and oxygen atoms in total. The van der Waals surface area contributed by atoms with E-state index in [0.717, 1.165) is 29.1 Å². The van der Waals surface area contributed by atoms with Gasteiger partial charge in [-0.1, -0.05) is 0 Å². The molecule has 27 heavy (non-hydrogen) atoms. The number of aryl methyl sites for hydroxylation is 3. The fourth-order valence-corrected chi connectivity index (χ4v) is 2.94. The largest absolute Gasteiger partial charge is 0.452 e. The monoisotopic (exact) mass is 373 g/mol. The highest BCUT2D eigenvalue weighted by atomic mass is 16.6. The lowest BCUT2D eigenvalue weighted by atomic mass is 10.1. The van der Waals surface area contributed by atoms with E-state index in [1.807, 2.05) is 25.3 Å². The molecule has 0 atom stereocenters. The highest BCUT2D eigenvalue weighted by Gasteiger charge is 2.20. The third-order valence-corrected chi connectivity index (χ3v) is 4.53. The molecular weight excluding hydrogens is 350 g/mol. The van der Waals surface area contributed by atoms with Crippen LogP contribution in [-0.4, -0.2) is 28.0 Å². The van der Waals surface area contributed by atoms with Gasteiger partial charge in [-0.05, 0) is 57.9 Å². The van der Waals surface area contributed by atoms with Gasteiger partial charge in [-0.2, -0.15) is 0 Å². The number of carbonyl (C=O) groups is 2. The average molecular weight is 373 g/mol. The van der Waals surface area contributed by atoms with Crippen LogP contribution in [0.4, 0.5) is 11.4 Å². The standard InChI is InChI=1S/C19H23N3O5/c1-6-21-13(4)9-15(14(21)5)19(24)27-10-18(23)20-16-7-11(2)12(3)8-17(16)22(25)26/h7-9H,6,10H2,1-5H3,(H,20,23). The molecule has 0 saturated carbocycles. The van der Waals surface area contributed by atoms with Crippen molar-refractivity contribution in [3.63, 3.8) is 0 Å². The number of anilines is 1. The number of hydrogen-bond donors (Lipinski definition) is 1. The molecule has 0 spiro atoms. The average Bonchev–Trinajstić information content (AvgIpc) is 2.89. The molecule has 2 rings (SSSR count). The van der Waals surface area contributed by atoms with E-state index in [9.17, 15) is 19.7 Å². The molecule has 0 bridgehead atoms. The van der Waals surface area contributed by atoms with Crippen molar-refractivity contribution < 1.29 is 19.2 Å². The van der Waals surface area contributed by atoms with Crippen molar-refractivity contribution in [1.29, 1.82) is 0 Å². The van der Waals surface area contributed by atoms with Crippen LogP contribution >= 0.6 is 0 Å². The minimum atomic E-state index is -0.640. The van der Waals surface area contributed by atoms with Gasteiger partial charge in [-0.25, -0.2) is 4.79 Å². The molecule has 1 amide bonds. The predicted molar refractivity (Wildman–Crippen MR) is 101 cm³/mol. The molecule has 0 aliphatic heterocycles. The third kappa shape index (κ3) is 4.33. The Balaban J connectivity index is 2.08. The van der Waals surface area contributed by atoms with Crippen LogP contribution in [0, 0.1) is 37.8 Å². The van der Waals surface area contributed by atoms with E-state index in [0.29, 0.717) is 5.56 Å². The van der Waals surface area contributed by atoms with Crippen LogP contribution < -0.4 is 5.32 Å². The second-order valence-corrected chi connectivity index (χ2v) is 6.36. The smallest absolute Gasteiger partial charge is 0.340 e. The summed E-state index contributed by atoms with van der Waals surface area (Å²) in [6, 6.07) is 4.64. The van der Waals surface area contributed by atoms with Gasteiger partial charge in [0.05, 0.1) is 10.5 Å². The van der Waals surface area contributed by atoms with Gasteiger partial charge in [0, 0.05) is 24.0 Å². The topological polar surface area (TPSA) is 103 Å². The lowest BCUT2D eigenvalue weighted by Gasteiger charge is -2.10. The molecule has 0 fully saturated rings. The van der Waals surface area contributed by atoms with Crippen molar-refractivity contribution in [2.24, 2.45) is 0 Å². The van der Waals surface area contributed by atoms with Crippen LogP contribution in [0.3, 0.4) is 0 Å². The number of nitro groups is 1. The molecule has 0 aliphatic rings. The van der Waals surface area contributed by atoms with E-state index >= 15 is 0 Å². The number of ether oxygens (including phenoxy) is 1. The van der Waals surface area contributed by atoms with Gasteiger partial charge in [-0.15, -0.1) is 0 Å². The maximum Gasteiger partial charge on any atom is 0.340 e. The minimum absolute atomic E-state index is 0.0771. The van der Waals surface area contributed by atoms with E-state index in [-0.39, 0.29) is 11.4 Å². The molecule has 1 aromatic heterocycles. The van der Waals surface area contributed by atoms with E-state index in [2.05, 4.69) is 5.32 Å². The van der Waals surface area contributed by atoms with E-state index < -0.39 is 23.4 Å². The van der Waals surface area contributed by atoms with Crippen molar-refractivity contribution in [2.45, 2.75) is 41.2 Å².